The highest BCUT2D eigenvalue weighted by Gasteiger charge is 2.42. The molecular formula is C30H57N7O. The Morgan fingerprint density at radius 2 is 1.50 bits per heavy atom. The summed E-state index contributed by atoms with van der Waals surface area (Å²) in [6, 6.07) is 8.57. The van der Waals surface area contributed by atoms with Gasteiger partial charge in [0.2, 0.25) is 0 Å². The third kappa shape index (κ3) is 10.0. The van der Waals surface area contributed by atoms with Crippen molar-refractivity contribution in [3.63, 3.8) is 0 Å². The van der Waals surface area contributed by atoms with Crippen molar-refractivity contribution in [2.75, 3.05) is 18.9 Å². The second-order valence-electron chi connectivity index (χ2n) is 12.7. The fourth-order valence-electron chi connectivity index (χ4n) is 5.81. The lowest BCUT2D eigenvalue weighted by atomic mass is 9.93. The van der Waals surface area contributed by atoms with Crippen LogP contribution in [-0.2, 0) is 11.2 Å². The molecule has 8 heteroatoms. The van der Waals surface area contributed by atoms with E-state index < -0.39 is 0 Å². The summed E-state index contributed by atoms with van der Waals surface area (Å²) < 4.78 is 6.42. The summed E-state index contributed by atoms with van der Waals surface area (Å²) in [6.45, 7) is 12.8. The van der Waals surface area contributed by atoms with Gasteiger partial charge in [-0.1, -0.05) is 51.2 Å². The maximum absolute atomic E-state index is 6.42. The Labute approximate surface area is 232 Å². The van der Waals surface area contributed by atoms with Crippen LogP contribution < -0.4 is 32.7 Å². The molecule has 0 spiro atoms. The number of nitrogens with zero attached hydrogens (tertiary/aromatic N) is 1. The van der Waals surface area contributed by atoms with Crippen molar-refractivity contribution in [3.05, 3.63) is 29.8 Å². The van der Waals surface area contributed by atoms with Gasteiger partial charge in [-0.05, 0) is 90.5 Å². The molecule has 1 aromatic carbocycles. The van der Waals surface area contributed by atoms with Crippen molar-refractivity contribution >= 4 is 5.69 Å². The standard InChI is InChI=1S/C30H57N7O/c1-6-7-19-29(2,3)35-26-33-28(38-22-18-23-14-16-24(32)17-15-23)34-27(36-30(4,5)20-11-21-31)37(26)25-12-9-8-10-13-25/h14-17,25-28,33-36H,6-13,18-22,31-32H2,1-5H3. The highest BCUT2D eigenvalue weighted by molar-refractivity contribution is 5.39. The molecule has 2 aliphatic rings. The smallest absolute Gasteiger partial charge is 0.167 e. The molecule has 38 heavy (non-hydrogen) atoms. The largest absolute Gasteiger partial charge is 0.399 e. The summed E-state index contributed by atoms with van der Waals surface area (Å²) in [4.78, 5) is 2.62. The average molecular weight is 532 g/mol. The molecule has 0 radical (unpaired) electrons. The van der Waals surface area contributed by atoms with Gasteiger partial charge in [-0.2, -0.15) is 0 Å². The van der Waals surface area contributed by atoms with Crippen LogP contribution in [0.5, 0.6) is 0 Å². The van der Waals surface area contributed by atoms with E-state index in [0.717, 1.165) is 31.4 Å². The first kappa shape index (κ1) is 31.3. The number of hydrogen-bond acceptors (Lipinski definition) is 8. The van der Waals surface area contributed by atoms with Gasteiger partial charge in [0.1, 0.15) is 12.6 Å². The Morgan fingerprint density at radius 3 is 2.05 bits per heavy atom. The molecule has 3 rings (SSSR count). The van der Waals surface area contributed by atoms with E-state index in [9.17, 15) is 0 Å². The summed E-state index contributed by atoms with van der Waals surface area (Å²) in [6.07, 6.45) is 12.5. The number of unbranched alkanes of at least 4 members (excludes halogenated alkanes) is 1. The number of ether oxygens (including phenoxy) is 1. The molecule has 3 atom stereocenters. The Kier molecular flexibility index (Phi) is 12.3. The quantitative estimate of drug-likeness (QED) is 0.187. The van der Waals surface area contributed by atoms with Crippen LogP contribution in [0.25, 0.3) is 0 Å². The Morgan fingerprint density at radius 1 is 0.921 bits per heavy atom. The minimum absolute atomic E-state index is 0.00413. The fraction of sp³-hybridized carbons (Fsp3) is 0.800. The first-order chi connectivity index (χ1) is 18.1. The van der Waals surface area contributed by atoms with E-state index in [4.69, 9.17) is 16.2 Å². The van der Waals surface area contributed by atoms with E-state index in [1.54, 1.807) is 0 Å². The van der Waals surface area contributed by atoms with E-state index >= 15 is 0 Å². The second kappa shape index (κ2) is 14.9. The van der Waals surface area contributed by atoms with Crippen LogP contribution in [0.3, 0.4) is 0 Å². The van der Waals surface area contributed by atoms with E-state index in [1.165, 1.54) is 50.5 Å². The van der Waals surface area contributed by atoms with Crippen LogP contribution in [0.2, 0.25) is 0 Å². The number of hydrogen-bond donors (Lipinski definition) is 6. The van der Waals surface area contributed by atoms with Gasteiger partial charge in [0.15, 0.2) is 6.35 Å². The monoisotopic (exact) mass is 531 g/mol. The summed E-state index contributed by atoms with van der Waals surface area (Å²) in [5, 5.41) is 15.5. The molecule has 1 saturated carbocycles. The molecule has 1 heterocycles. The van der Waals surface area contributed by atoms with E-state index in [0.29, 0.717) is 19.2 Å². The lowest BCUT2D eigenvalue weighted by molar-refractivity contribution is -0.137. The van der Waals surface area contributed by atoms with Gasteiger partial charge >= 0.3 is 0 Å². The first-order valence-electron chi connectivity index (χ1n) is 15.1. The minimum atomic E-state index is -0.272. The van der Waals surface area contributed by atoms with Crippen molar-refractivity contribution in [1.29, 1.82) is 0 Å². The Bertz CT molecular complexity index is 762. The van der Waals surface area contributed by atoms with E-state index in [2.05, 4.69) is 72.9 Å². The van der Waals surface area contributed by atoms with Crippen LogP contribution in [0.1, 0.15) is 104 Å². The van der Waals surface area contributed by atoms with Gasteiger partial charge < -0.3 is 16.2 Å². The molecule has 0 aromatic heterocycles. The maximum atomic E-state index is 6.42. The van der Waals surface area contributed by atoms with Gasteiger partial charge in [-0.15, -0.1) is 0 Å². The van der Waals surface area contributed by atoms with Gasteiger partial charge in [0, 0.05) is 22.8 Å². The molecule has 0 bridgehead atoms. The highest BCUT2D eigenvalue weighted by Crippen LogP contribution is 2.28. The first-order valence-corrected chi connectivity index (χ1v) is 15.1. The van der Waals surface area contributed by atoms with E-state index in [-0.39, 0.29) is 30.0 Å². The molecule has 8 nitrogen and oxygen atoms in total. The number of nitrogens with one attached hydrogen (secondary N) is 4. The van der Waals surface area contributed by atoms with Gasteiger partial charge in [0.25, 0.3) is 0 Å². The predicted molar refractivity (Wildman–Crippen MR) is 159 cm³/mol. The van der Waals surface area contributed by atoms with E-state index in [1.807, 2.05) is 12.1 Å². The minimum Gasteiger partial charge on any atom is -0.399 e. The van der Waals surface area contributed by atoms with Crippen LogP contribution in [-0.4, -0.2) is 54.1 Å². The molecule has 1 aliphatic carbocycles. The van der Waals surface area contributed by atoms with Crippen molar-refractivity contribution in [3.8, 4) is 0 Å². The SMILES string of the molecule is CCCCC(C)(C)NC1NC(OCCc2ccc(N)cc2)NC(NC(C)(C)CCCN)N1C1CCCCC1. The summed E-state index contributed by atoms with van der Waals surface area (Å²) in [5.74, 6) is 0. The third-order valence-corrected chi connectivity index (χ3v) is 8.08. The zero-order valence-corrected chi connectivity index (χ0v) is 24.8. The average Bonchev–Trinajstić information content (AvgIpc) is 2.87. The second-order valence-corrected chi connectivity index (χ2v) is 12.7. The van der Waals surface area contributed by atoms with Crippen molar-refractivity contribution in [1.82, 2.24) is 26.2 Å². The third-order valence-electron chi connectivity index (χ3n) is 8.08. The summed E-state index contributed by atoms with van der Waals surface area (Å²) in [7, 11) is 0. The van der Waals surface area contributed by atoms with Crippen LogP contribution >= 0.6 is 0 Å². The lowest BCUT2D eigenvalue weighted by Crippen LogP contribution is -2.80. The summed E-state index contributed by atoms with van der Waals surface area (Å²) in [5.41, 5.74) is 13.7. The molecule has 1 saturated heterocycles. The van der Waals surface area contributed by atoms with Gasteiger partial charge in [0.05, 0.1) is 6.61 Å². The Hall–Kier alpha value is -1.26. The number of anilines is 1. The molecule has 3 unspecified atom stereocenters. The molecule has 2 fully saturated rings. The molecule has 1 aromatic rings. The molecule has 1 aliphatic heterocycles. The maximum Gasteiger partial charge on any atom is 0.167 e. The topological polar surface area (TPSA) is 113 Å². The van der Waals surface area contributed by atoms with Gasteiger partial charge in [-0.3, -0.25) is 21.3 Å². The molecule has 0 amide bonds. The highest BCUT2D eigenvalue weighted by atomic mass is 16.5. The number of nitrogens with two attached hydrogens (primary N) is 2. The number of benzene rings is 1. The molecule has 8 N–H and O–H groups in total. The zero-order chi connectivity index (χ0) is 27.6. The van der Waals surface area contributed by atoms with Crippen LogP contribution in [0.4, 0.5) is 5.69 Å². The van der Waals surface area contributed by atoms with Crippen molar-refractivity contribution in [2.24, 2.45) is 5.73 Å². The van der Waals surface area contributed by atoms with Crippen LogP contribution in [0.15, 0.2) is 24.3 Å². The number of rotatable bonds is 15. The van der Waals surface area contributed by atoms with Crippen molar-refractivity contribution < 1.29 is 4.74 Å². The molecule has 218 valence electrons. The molecular weight excluding hydrogens is 474 g/mol. The fourth-order valence-corrected chi connectivity index (χ4v) is 5.81. The normalized spacial score (nSPS) is 24.1. The Balaban J connectivity index is 1.79. The lowest BCUT2D eigenvalue weighted by Gasteiger charge is -2.54. The summed E-state index contributed by atoms with van der Waals surface area (Å²) >= 11 is 0. The van der Waals surface area contributed by atoms with Gasteiger partial charge in [-0.25, -0.2) is 4.90 Å². The van der Waals surface area contributed by atoms with Crippen LogP contribution in [0, 0.1) is 0 Å². The van der Waals surface area contributed by atoms with Crippen molar-refractivity contribution in [2.45, 2.75) is 141 Å². The zero-order valence-electron chi connectivity index (χ0n) is 24.8. The number of nitrogen functional groups attached to an aromatic ring is 1. The predicted octanol–water partition coefficient (Wildman–Crippen LogP) is 4.17.